The summed E-state index contributed by atoms with van der Waals surface area (Å²) in [5, 5.41) is 3.37. The molecule has 27 heavy (non-hydrogen) atoms. The molecule has 0 atom stereocenters. The minimum Gasteiger partial charge on any atom is -0.317 e. The second kappa shape index (κ2) is 8.63. The Morgan fingerprint density at radius 3 is 2.37 bits per heavy atom. The van der Waals surface area contributed by atoms with Crippen LogP contribution < -0.4 is 10.0 Å². The molecule has 6 heteroatoms. The van der Waals surface area contributed by atoms with Crippen LogP contribution in [0.4, 0.5) is 5.69 Å². The summed E-state index contributed by atoms with van der Waals surface area (Å²) >= 11 is 0. The minimum atomic E-state index is -3.56. The average molecular weight is 407 g/mol. The monoisotopic (exact) mass is 406 g/mol. The summed E-state index contributed by atoms with van der Waals surface area (Å²) < 4.78 is 28.5. The molecule has 4 nitrogen and oxygen atoms in total. The molecule has 4 rings (SSSR count). The summed E-state index contributed by atoms with van der Waals surface area (Å²) in [6.45, 7) is 2.07. The molecule has 0 amide bonds. The molecule has 2 aliphatic rings. The third-order valence-corrected chi connectivity index (χ3v) is 7.02. The van der Waals surface area contributed by atoms with E-state index in [1.807, 2.05) is 24.3 Å². The SMILES string of the molecule is Cl.O=S(=O)(Nc1cccc2c1CCCC2)c1ccc(C2CCNCC2)cc1. The van der Waals surface area contributed by atoms with Crippen molar-refractivity contribution < 1.29 is 8.42 Å². The Bertz CT molecular complexity index is 876. The Hall–Kier alpha value is -1.56. The van der Waals surface area contributed by atoms with Gasteiger partial charge >= 0.3 is 0 Å². The van der Waals surface area contributed by atoms with Gasteiger partial charge < -0.3 is 5.32 Å². The van der Waals surface area contributed by atoms with Gasteiger partial charge in [0.2, 0.25) is 0 Å². The number of sulfonamides is 1. The Morgan fingerprint density at radius 2 is 1.63 bits per heavy atom. The molecule has 1 aliphatic heterocycles. The Balaban J connectivity index is 0.00000210. The van der Waals surface area contributed by atoms with Gasteiger partial charge in [-0.15, -0.1) is 12.4 Å². The van der Waals surface area contributed by atoms with E-state index in [2.05, 4.69) is 16.1 Å². The van der Waals surface area contributed by atoms with Crippen molar-refractivity contribution in [2.24, 2.45) is 0 Å². The lowest BCUT2D eigenvalue weighted by Gasteiger charge is -2.23. The molecule has 0 spiro atoms. The van der Waals surface area contributed by atoms with Gasteiger partial charge in [-0.1, -0.05) is 24.3 Å². The predicted molar refractivity (Wildman–Crippen MR) is 112 cm³/mol. The highest BCUT2D eigenvalue weighted by Crippen LogP contribution is 2.30. The largest absolute Gasteiger partial charge is 0.317 e. The van der Waals surface area contributed by atoms with Gasteiger partial charge in [0.15, 0.2) is 0 Å². The molecule has 0 saturated carbocycles. The van der Waals surface area contributed by atoms with E-state index in [0.717, 1.165) is 56.4 Å². The predicted octanol–water partition coefficient (Wildman–Crippen LogP) is 4.26. The number of hydrogen-bond acceptors (Lipinski definition) is 3. The minimum absolute atomic E-state index is 0. The van der Waals surface area contributed by atoms with E-state index in [0.29, 0.717) is 10.8 Å². The maximum absolute atomic E-state index is 12.9. The zero-order valence-electron chi connectivity index (χ0n) is 15.4. The van der Waals surface area contributed by atoms with E-state index < -0.39 is 10.0 Å². The maximum atomic E-state index is 12.9. The molecule has 2 aromatic carbocycles. The quantitative estimate of drug-likeness (QED) is 0.797. The molecule has 2 aromatic rings. The van der Waals surface area contributed by atoms with E-state index in [9.17, 15) is 8.42 Å². The lowest BCUT2D eigenvalue weighted by Crippen LogP contribution is -2.26. The Morgan fingerprint density at radius 1 is 0.926 bits per heavy atom. The van der Waals surface area contributed by atoms with E-state index in [4.69, 9.17) is 0 Å². The molecule has 1 heterocycles. The van der Waals surface area contributed by atoms with Crippen molar-refractivity contribution in [1.29, 1.82) is 0 Å². The van der Waals surface area contributed by atoms with E-state index >= 15 is 0 Å². The van der Waals surface area contributed by atoms with Crippen LogP contribution >= 0.6 is 12.4 Å². The topological polar surface area (TPSA) is 58.2 Å². The number of nitrogens with one attached hydrogen (secondary N) is 2. The Kier molecular flexibility index (Phi) is 6.45. The number of anilines is 1. The van der Waals surface area contributed by atoms with Crippen molar-refractivity contribution in [3.05, 3.63) is 59.2 Å². The van der Waals surface area contributed by atoms with Crippen molar-refractivity contribution in [3.8, 4) is 0 Å². The summed E-state index contributed by atoms with van der Waals surface area (Å²) in [5.41, 5.74) is 4.42. The molecule has 1 fully saturated rings. The van der Waals surface area contributed by atoms with Crippen LogP contribution in [0.5, 0.6) is 0 Å². The molecule has 0 radical (unpaired) electrons. The lowest BCUT2D eigenvalue weighted by molar-refractivity contribution is 0.460. The van der Waals surface area contributed by atoms with Crippen molar-refractivity contribution in [2.45, 2.75) is 49.3 Å². The number of aryl methyl sites for hydroxylation is 1. The van der Waals surface area contributed by atoms with Gasteiger partial charge in [-0.3, -0.25) is 4.72 Å². The number of fused-ring (bicyclic) bond motifs is 1. The van der Waals surface area contributed by atoms with Crippen LogP contribution in [-0.4, -0.2) is 21.5 Å². The van der Waals surface area contributed by atoms with Gasteiger partial charge in [0, 0.05) is 0 Å². The molecule has 0 unspecified atom stereocenters. The van der Waals surface area contributed by atoms with Crippen LogP contribution in [0.3, 0.4) is 0 Å². The van der Waals surface area contributed by atoms with Crippen LogP contribution in [-0.2, 0) is 22.9 Å². The molecular weight excluding hydrogens is 380 g/mol. The third-order valence-electron chi connectivity index (χ3n) is 5.64. The number of halogens is 1. The number of benzene rings is 2. The number of hydrogen-bond donors (Lipinski definition) is 2. The van der Waals surface area contributed by atoms with Gasteiger partial charge in [0.25, 0.3) is 10.0 Å². The van der Waals surface area contributed by atoms with Gasteiger partial charge in [0.1, 0.15) is 0 Å². The highest BCUT2D eigenvalue weighted by molar-refractivity contribution is 7.92. The highest BCUT2D eigenvalue weighted by atomic mass is 35.5. The van der Waals surface area contributed by atoms with Crippen LogP contribution in [0.25, 0.3) is 0 Å². The van der Waals surface area contributed by atoms with Gasteiger partial charge in [-0.25, -0.2) is 8.42 Å². The first-order chi connectivity index (χ1) is 12.6. The maximum Gasteiger partial charge on any atom is 0.261 e. The molecule has 1 saturated heterocycles. The van der Waals surface area contributed by atoms with Crippen molar-refractivity contribution in [2.75, 3.05) is 17.8 Å². The highest BCUT2D eigenvalue weighted by Gasteiger charge is 2.20. The van der Waals surface area contributed by atoms with Crippen LogP contribution in [0.15, 0.2) is 47.4 Å². The van der Waals surface area contributed by atoms with Crippen LogP contribution in [0, 0.1) is 0 Å². The van der Waals surface area contributed by atoms with Crippen LogP contribution in [0.2, 0.25) is 0 Å². The molecule has 146 valence electrons. The first-order valence-corrected chi connectivity index (χ1v) is 11.1. The smallest absolute Gasteiger partial charge is 0.261 e. The van der Waals surface area contributed by atoms with E-state index in [-0.39, 0.29) is 12.4 Å². The van der Waals surface area contributed by atoms with Crippen molar-refractivity contribution in [3.63, 3.8) is 0 Å². The fraction of sp³-hybridized carbons (Fsp3) is 0.429. The second-order valence-corrected chi connectivity index (χ2v) is 9.03. The number of rotatable bonds is 4. The lowest BCUT2D eigenvalue weighted by atomic mass is 9.90. The fourth-order valence-electron chi connectivity index (χ4n) is 4.16. The molecule has 1 aliphatic carbocycles. The summed E-state index contributed by atoms with van der Waals surface area (Å²) in [6, 6.07) is 13.4. The summed E-state index contributed by atoms with van der Waals surface area (Å²) in [4.78, 5) is 0.337. The standard InChI is InChI=1S/C21H26N2O2S.ClH/c24-26(25,23-21-7-3-5-18-4-1-2-6-20(18)21)19-10-8-16(9-11-19)17-12-14-22-15-13-17;/h3,5,7-11,17,22-23H,1-2,4,6,12-15H2;1H. The normalized spacial score (nSPS) is 17.6. The summed E-state index contributed by atoms with van der Waals surface area (Å²) in [7, 11) is -3.56. The van der Waals surface area contributed by atoms with Gasteiger partial charge in [-0.05, 0) is 92.4 Å². The van der Waals surface area contributed by atoms with E-state index in [1.165, 1.54) is 17.5 Å². The zero-order chi connectivity index (χ0) is 18.0. The average Bonchev–Trinajstić information content (AvgIpc) is 2.69. The van der Waals surface area contributed by atoms with E-state index in [1.54, 1.807) is 12.1 Å². The molecule has 0 aromatic heterocycles. The third kappa shape index (κ3) is 4.48. The number of piperidine rings is 1. The molecule has 0 bridgehead atoms. The zero-order valence-corrected chi connectivity index (χ0v) is 17.0. The molecular formula is C21H27ClN2O2S. The fourth-order valence-corrected chi connectivity index (χ4v) is 5.25. The van der Waals surface area contributed by atoms with Crippen LogP contribution in [0.1, 0.15) is 48.3 Å². The summed E-state index contributed by atoms with van der Waals surface area (Å²) in [6.07, 6.45) is 6.51. The first-order valence-electron chi connectivity index (χ1n) is 9.58. The van der Waals surface area contributed by atoms with Crippen molar-refractivity contribution >= 4 is 28.1 Å². The van der Waals surface area contributed by atoms with Gasteiger partial charge in [-0.2, -0.15) is 0 Å². The first kappa shape index (κ1) is 20.2. The summed E-state index contributed by atoms with van der Waals surface area (Å²) in [5.74, 6) is 0.530. The second-order valence-electron chi connectivity index (χ2n) is 7.35. The molecule has 2 N–H and O–H groups in total. The van der Waals surface area contributed by atoms with Gasteiger partial charge in [0.05, 0.1) is 10.6 Å². The Labute approximate surface area is 168 Å². The van der Waals surface area contributed by atoms with Crippen molar-refractivity contribution in [1.82, 2.24) is 5.32 Å².